The van der Waals surface area contributed by atoms with Gasteiger partial charge in [0.25, 0.3) is 11.9 Å². The molecule has 0 aliphatic rings. The maximum Gasteiger partial charge on any atom is 0.300 e. The summed E-state index contributed by atoms with van der Waals surface area (Å²) in [7, 11) is -6.64. The van der Waals surface area contributed by atoms with E-state index in [4.69, 9.17) is 9.90 Å². The maximum atomic E-state index is 11.8. The quantitative estimate of drug-likeness (QED) is 0.0703. The predicted molar refractivity (Wildman–Crippen MR) is 159 cm³/mol. The van der Waals surface area contributed by atoms with Crippen molar-refractivity contribution < 1.29 is 50.7 Å². The van der Waals surface area contributed by atoms with Crippen LogP contribution in [0.3, 0.4) is 0 Å². The molecule has 0 atom stereocenters. The summed E-state index contributed by atoms with van der Waals surface area (Å²) in [6.45, 7) is 3.80. The molecule has 0 aliphatic carbocycles. The van der Waals surface area contributed by atoms with Crippen molar-refractivity contribution in [3.63, 3.8) is 0 Å². The van der Waals surface area contributed by atoms with Crippen molar-refractivity contribution in [2.75, 3.05) is 24.0 Å². The van der Waals surface area contributed by atoms with Crippen LogP contribution in [0.1, 0.15) is 41.5 Å². The molecule has 0 saturated carbocycles. The molecule has 0 aliphatic heterocycles. The van der Waals surface area contributed by atoms with Gasteiger partial charge in [-0.3, -0.25) is 34.2 Å². The largest absolute Gasteiger partial charge is 0.481 e. The Morgan fingerprint density at radius 2 is 1.05 bits per heavy atom. The van der Waals surface area contributed by atoms with Crippen LogP contribution in [0.4, 0.5) is 0 Å². The van der Waals surface area contributed by atoms with Gasteiger partial charge in [-0.25, -0.2) is 28.1 Å². The third-order valence-corrected chi connectivity index (χ3v) is 5.59. The van der Waals surface area contributed by atoms with Gasteiger partial charge in [-0.15, -0.1) is 0 Å². The molecule has 5 N–H and O–H groups in total. The van der Waals surface area contributed by atoms with Crippen LogP contribution in [-0.2, 0) is 38.9 Å². The van der Waals surface area contributed by atoms with E-state index in [1.165, 1.54) is 13.8 Å². The molecule has 0 unspecified atom stereocenters. The van der Waals surface area contributed by atoms with Gasteiger partial charge in [0.05, 0.1) is 0 Å². The highest BCUT2D eigenvalue weighted by molar-refractivity contribution is 7.91. The van der Waals surface area contributed by atoms with Crippen LogP contribution < -0.4 is 16.7 Å². The van der Waals surface area contributed by atoms with Crippen LogP contribution >= 0.6 is 0 Å². The van der Waals surface area contributed by atoms with E-state index >= 15 is 0 Å². The first-order valence-corrected chi connectivity index (χ1v) is 15.9. The van der Waals surface area contributed by atoms with Crippen LogP contribution in [-0.4, -0.2) is 86.8 Å². The number of sulfone groups is 2. The number of hydrogen-bond acceptors (Lipinski definition) is 12. The molecule has 0 fully saturated rings. The second-order valence-electron chi connectivity index (χ2n) is 8.41. The SMILES string of the molecule is C/C(=N/NC(=O)CS(C)(=O)=O)C(=O)c1ccccc1.CC(=O)C(=O)c1ccccc1.CC(=O)O.CS(=O)(=O)CC(=O)NN. The van der Waals surface area contributed by atoms with E-state index in [2.05, 4.69) is 10.9 Å². The van der Waals surface area contributed by atoms with E-state index < -0.39 is 60.5 Å². The Morgan fingerprint density at radius 3 is 1.35 bits per heavy atom. The first-order valence-electron chi connectivity index (χ1n) is 11.8. The Morgan fingerprint density at radius 1 is 0.698 bits per heavy atom. The zero-order valence-corrected chi connectivity index (χ0v) is 25.7. The van der Waals surface area contributed by atoms with Crippen molar-refractivity contribution in [2.45, 2.75) is 20.8 Å². The molecule has 0 bridgehead atoms. The number of carbonyl (C=O) groups excluding carboxylic acids is 5. The minimum absolute atomic E-state index is 0.0769. The molecule has 0 radical (unpaired) electrons. The average molecular weight is 643 g/mol. The summed E-state index contributed by atoms with van der Waals surface area (Å²) in [6.07, 6.45) is 1.90. The number of ketones is 3. The van der Waals surface area contributed by atoms with Gasteiger partial charge in [0.15, 0.2) is 25.5 Å². The van der Waals surface area contributed by atoms with Gasteiger partial charge < -0.3 is 5.11 Å². The van der Waals surface area contributed by atoms with E-state index in [1.807, 2.05) is 5.43 Å². The molecule has 236 valence electrons. The number of Topliss-reactive ketones (excluding diaryl/α,β-unsaturated/α-hetero) is 3. The smallest absolute Gasteiger partial charge is 0.300 e. The van der Waals surface area contributed by atoms with Gasteiger partial charge in [-0.05, 0) is 6.92 Å². The molecule has 43 heavy (non-hydrogen) atoms. The van der Waals surface area contributed by atoms with Crippen molar-refractivity contribution in [2.24, 2.45) is 10.9 Å². The number of carboxylic acids is 1. The molecule has 2 aromatic rings. The summed E-state index contributed by atoms with van der Waals surface area (Å²) in [5, 5.41) is 11.0. The highest BCUT2D eigenvalue weighted by Crippen LogP contribution is 2.01. The highest BCUT2D eigenvalue weighted by Gasteiger charge is 2.13. The van der Waals surface area contributed by atoms with Gasteiger partial charge in [-0.1, -0.05) is 60.7 Å². The molecular weight excluding hydrogens is 608 g/mol. The number of carboxylic acid groups (broad SMARTS) is 1. The van der Waals surface area contributed by atoms with Gasteiger partial charge in [-0.2, -0.15) is 5.10 Å². The number of benzene rings is 2. The van der Waals surface area contributed by atoms with Crippen molar-refractivity contribution in [1.29, 1.82) is 0 Å². The van der Waals surface area contributed by atoms with Crippen LogP contribution in [0, 0.1) is 0 Å². The molecule has 0 saturated heterocycles. The van der Waals surface area contributed by atoms with Gasteiger partial charge in [0, 0.05) is 37.5 Å². The average Bonchev–Trinajstić information content (AvgIpc) is 2.90. The van der Waals surface area contributed by atoms with E-state index in [9.17, 15) is 40.8 Å². The fourth-order valence-corrected chi connectivity index (χ4v) is 3.44. The zero-order chi connectivity index (χ0) is 33.8. The number of amides is 2. The lowest BCUT2D eigenvalue weighted by Crippen LogP contribution is -2.34. The summed E-state index contributed by atoms with van der Waals surface area (Å²) >= 11 is 0. The molecule has 0 heterocycles. The number of hydrogen-bond donors (Lipinski definition) is 4. The summed E-state index contributed by atoms with van der Waals surface area (Å²) in [4.78, 5) is 63.9. The standard InChI is InChI=1S/C12H14N2O4S.C9H8O2.C3H8N2O3S.C2H4O2/c1-9(12(16)10-6-4-3-5-7-10)13-14-11(15)8-19(2,17)18;1-7(10)9(11)8-5-3-2-4-6-8;1-9(7,8)2-3(6)5-4;1-2(3)4/h3-7H,8H2,1-2H3,(H,14,15);2-6H,1H3;2,4H2,1H3,(H,5,6);1H3,(H,3,4)/b13-9-;;;. The second kappa shape index (κ2) is 20.3. The number of hydrazine groups is 1. The van der Waals surface area contributed by atoms with Crippen molar-refractivity contribution >= 4 is 60.5 Å². The first-order chi connectivity index (χ1) is 19.7. The molecule has 2 rings (SSSR count). The summed E-state index contributed by atoms with van der Waals surface area (Å²) < 4.78 is 42.3. The lowest BCUT2D eigenvalue weighted by atomic mass is 10.1. The van der Waals surface area contributed by atoms with Crippen molar-refractivity contribution in [3.8, 4) is 0 Å². The molecule has 2 aromatic carbocycles. The highest BCUT2D eigenvalue weighted by atomic mass is 32.2. The van der Waals surface area contributed by atoms with E-state index in [1.54, 1.807) is 66.1 Å². The Kier molecular flexibility index (Phi) is 19.1. The van der Waals surface area contributed by atoms with Crippen LogP contribution in [0.5, 0.6) is 0 Å². The van der Waals surface area contributed by atoms with Gasteiger partial charge >= 0.3 is 0 Å². The van der Waals surface area contributed by atoms with Crippen LogP contribution in [0.25, 0.3) is 0 Å². The van der Waals surface area contributed by atoms with Crippen LogP contribution in [0.15, 0.2) is 65.8 Å². The van der Waals surface area contributed by atoms with Crippen LogP contribution in [0.2, 0.25) is 0 Å². The van der Waals surface area contributed by atoms with Gasteiger partial charge in [0.1, 0.15) is 17.2 Å². The Balaban J connectivity index is 0. The molecule has 15 nitrogen and oxygen atoms in total. The maximum absolute atomic E-state index is 11.8. The lowest BCUT2D eigenvalue weighted by Gasteiger charge is -2.01. The molecular formula is C26H34N4O11S2. The predicted octanol–water partition coefficient (Wildman–Crippen LogP) is -0.0239. The van der Waals surface area contributed by atoms with Crippen molar-refractivity contribution in [1.82, 2.24) is 10.9 Å². The van der Waals surface area contributed by atoms with Gasteiger partial charge in [0.2, 0.25) is 17.5 Å². The second-order valence-corrected chi connectivity index (χ2v) is 12.7. The summed E-state index contributed by atoms with van der Waals surface area (Å²) in [5.74, 6) is -0.0842. The number of nitrogens with zero attached hydrogens (tertiary/aromatic N) is 1. The topological polar surface area (TPSA) is 253 Å². The zero-order valence-electron chi connectivity index (χ0n) is 24.1. The minimum Gasteiger partial charge on any atom is -0.481 e. The van der Waals surface area contributed by atoms with E-state index in [-0.39, 0.29) is 11.5 Å². The van der Waals surface area contributed by atoms with E-state index in [0.717, 1.165) is 19.4 Å². The minimum atomic E-state index is -3.41. The molecule has 17 heteroatoms. The number of aliphatic carboxylic acids is 1. The number of carbonyl (C=O) groups is 6. The molecule has 0 aromatic heterocycles. The molecule has 0 spiro atoms. The monoisotopic (exact) mass is 642 g/mol. The third kappa shape index (κ3) is 23.8. The van der Waals surface area contributed by atoms with Crippen molar-refractivity contribution in [3.05, 3.63) is 71.8 Å². The Labute approximate surface area is 249 Å². The number of rotatable bonds is 9. The van der Waals surface area contributed by atoms with E-state index in [0.29, 0.717) is 11.1 Å². The summed E-state index contributed by atoms with van der Waals surface area (Å²) in [5.41, 5.74) is 4.72. The third-order valence-electron chi connectivity index (χ3n) is 4.02. The molecule has 2 amide bonds. The normalized spacial score (nSPS) is 10.5. The summed E-state index contributed by atoms with van der Waals surface area (Å²) in [6, 6.07) is 17.0. The number of nitrogens with two attached hydrogens (primary N) is 1. The lowest BCUT2D eigenvalue weighted by molar-refractivity contribution is -0.134. The first kappa shape index (κ1) is 40.5. The number of nitrogens with one attached hydrogen (secondary N) is 2. The fourth-order valence-electron chi connectivity index (χ4n) is 2.34. The Bertz CT molecular complexity index is 1500. The number of hydrazone groups is 1. The fraction of sp³-hybridized carbons (Fsp3) is 0.269. The Hall–Kier alpha value is -4.61.